The molecule has 2 aromatic heterocycles. The molecule has 1 atom stereocenters. The molecule has 25 heavy (non-hydrogen) atoms. The van der Waals surface area contributed by atoms with Crippen molar-refractivity contribution in [2.24, 2.45) is 0 Å². The van der Waals surface area contributed by atoms with E-state index in [2.05, 4.69) is 10.1 Å². The van der Waals surface area contributed by atoms with Gasteiger partial charge < -0.3 is 9.26 Å². The number of aromatic nitrogens is 2. The van der Waals surface area contributed by atoms with E-state index in [4.69, 9.17) is 9.26 Å². The molecule has 1 aromatic carbocycles. The molecule has 0 N–H and O–H groups in total. The van der Waals surface area contributed by atoms with Gasteiger partial charge in [0.05, 0.1) is 23.0 Å². The van der Waals surface area contributed by atoms with Crippen LogP contribution in [0.3, 0.4) is 0 Å². The Morgan fingerprint density at radius 2 is 2.36 bits per heavy atom. The Morgan fingerprint density at radius 3 is 3.04 bits per heavy atom. The first-order chi connectivity index (χ1) is 12.1. The normalized spacial score (nSPS) is 17.3. The SMILES string of the molecule is Cc1cc(C(=O)N(CC2CCCO2)c2nc3c(F)cccc3s2)on1. The molecule has 0 saturated carbocycles. The van der Waals surface area contributed by atoms with Crippen molar-refractivity contribution < 1.29 is 18.4 Å². The van der Waals surface area contributed by atoms with Crippen molar-refractivity contribution in [2.75, 3.05) is 18.1 Å². The number of hydrogen-bond donors (Lipinski definition) is 0. The number of carbonyl (C=O) groups excluding carboxylic acids is 1. The highest BCUT2D eigenvalue weighted by Crippen LogP contribution is 2.32. The standard InChI is InChI=1S/C17H16FN3O3S/c1-10-8-13(24-20-10)16(22)21(9-11-4-3-7-23-11)17-19-15-12(18)5-2-6-14(15)25-17/h2,5-6,8,11H,3-4,7,9H2,1H3. The van der Waals surface area contributed by atoms with Gasteiger partial charge in [-0.15, -0.1) is 0 Å². The number of halogens is 1. The van der Waals surface area contributed by atoms with Crippen LogP contribution in [0.4, 0.5) is 9.52 Å². The monoisotopic (exact) mass is 361 g/mol. The van der Waals surface area contributed by atoms with Crippen molar-refractivity contribution in [3.05, 3.63) is 41.5 Å². The fourth-order valence-electron chi connectivity index (χ4n) is 2.86. The van der Waals surface area contributed by atoms with Gasteiger partial charge in [0.2, 0.25) is 5.76 Å². The number of rotatable bonds is 4. The van der Waals surface area contributed by atoms with E-state index in [0.717, 1.165) is 12.8 Å². The number of aryl methyl sites for hydroxylation is 1. The van der Waals surface area contributed by atoms with Crippen LogP contribution in [-0.2, 0) is 4.74 Å². The predicted molar refractivity (Wildman–Crippen MR) is 91.5 cm³/mol. The number of thiazole rings is 1. The Hall–Kier alpha value is -2.32. The Morgan fingerprint density at radius 1 is 1.48 bits per heavy atom. The molecule has 1 unspecified atom stereocenters. The summed E-state index contributed by atoms with van der Waals surface area (Å²) in [5.41, 5.74) is 0.886. The highest BCUT2D eigenvalue weighted by atomic mass is 32.1. The number of fused-ring (bicyclic) bond motifs is 1. The molecule has 1 amide bonds. The van der Waals surface area contributed by atoms with Gasteiger partial charge in [-0.3, -0.25) is 9.69 Å². The molecule has 1 aliphatic heterocycles. The summed E-state index contributed by atoms with van der Waals surface area (Å²) < 4.78 is 25.4. The zero-order valence-electron chi connectivity index (χ0n) is 13.6. The number of anilines is 1. The molecule has 4 rings (SSSR count). The van der Waals surface area contributed by atoms with Crippen LogP contribution in [0.25, 0.3) is 10.2 Å². The number of carbonyl (C=O) groups is 1. The lowest BCUT2D eigenvalue weighted by Crippen LogP contribution is -2.37. The molecule has 8 heteroatoms. The third-order valence-corrected chi connectivity index (χ3v) is 5.13. The highest BCUT2D eigenvalue weighted by molar-refractivity contribution is 7.22. The summed E-state index contributed by atoms with van der Waals surface area (Å²) in [5.74, 6) is -0.620. The molecular formula is C17H16FN3O3S. The summed E-state index contributed by atoms with van der Waals surface area (Å²) in [6.45, 7) is 2.78. The van der Waals surface area contributed by atoms with Crippen LogP contribution in [-0.4, -0.2) is 35.3 Å². The van der Waals surface area contributed by atoms with Crippen LogP contribution >= 0.6 is 11.3 Å². The molecule has 0 bridgehead atoms. The Bertz CT molecular complexity index is 917. The molecule has 1 fully saturated rings. The summed E-state index contributed by atoms with van der Waals surface area (Å²) in [4.78, 5) is 18.8. The van der Waals surface area contributed by atoms with Gasteiger partial charge in [-0.2, -0.15) is 0 Å². The molecule has 1 aliphatic rings. The van der Waals surface area contributed by atoms with Crippen LogP contribution in [0.1, 0.15) is 29.1 Å². The lowest BCUT2D eigenvalue weighted by Gasteiger charge is -2.21. The maximum Gasteiger partial charge on any atom is 0.298 e. The third-order valence-electron chi connectivity index (χ3n) is 4.08. The minimum absolute atomic E-state index is 0.0650. The minimum Gasteiger partial charge on any atom is -0.376 e. The zero-order chi connectivity index (χ0) is 17.4. The number of hydrogen-bond acceptors (Lipinski definition) is 6. The minimum atomic E-state index is -0.403. The van der Waals surface area contributed by atoms with Gasteiger partial charge in [-0.25, -0.2) is 9.37 Å². The van der Waals surface area contributed by atoms with Gasteiger partial charge in [0.1, 0.15) is 11.3 Å². The molecule has 1 saturated heterocycles. The summed E-state index contributed by atoms with van der Waals surface area (Å²) >= 11 is 1.27. The molecular weight excluding hydrogens is 345 g/mol. The molecule has 130 valence electrons. The van der Waals surface area contributed by atoms with E-state index in [1.54, 1.807) is 25.1 Å². The van der Waals surface area contributed by atoms with Gasteiger partial charge in [0.25, 0.3) is 5.91 Å². The Labute approximate surface area is 147 Å². The molecule has 6 nitrogen and oxygen atoms in total. The summed E-state index contributed by atoms with van der Waals surface area (Å²) in [6.07, 6.45) is 1.77. The molecule has 3 aromatic rings. The van der Waals surface area contributed by atoms with Gasteiger partial charge in [-0.05, 0) is 31.9 Å². The second kappa shape index (κ2) is 6.53. The molecule has 0 radical (unpaired) electrons. The van der Waals surface area contributed by atoms with Crippen molar-refractivity contribution in [1.82, 2.24) is 10.1 Å². The van der Waals surface area contributed by atoms with Crippen LogP contribution in [0.15, 0.2) is 28.8 Å². The first kappa shape index (κ1) is 16.2. The third kappa shape index (κ3) is 3.14. The largest absolute Gasteiger partial charge is 0.376 e. The zero-order valence-corrected chi connectivity index (χ0v) is 14.4. The van der Waals surface area contributed by atoms with Crippen molar-refractivity contribution in [3.63, 3.8) is 0 Å². The van der Waals surface area contributed by atoms with E-state index in [0.29, 0.717) is 28.7 Å². The molecule has 3 heterocycles. The van der Waals surface area contributed by atoms with Crippen molar-refractivity contribution in [1.29, 1.82) is 0 Å². The Kier molecular flexibility index (Phi) is 4.22. The first-order valence-electron chi connectivity index (χ1n) is 8.03. The maximum atomic E-state index is 14.0. The van der Waals surface area contributed by atoms with Gasteiger partial charge in [-0.1, -0.05) is 22.6 Å². The van der Waals surface area contributed by atoms with Gasteiger partial charge >= 0.3 is 0 Å². The van der Waals surface area contributed by atoms with E-state index in [1.165, 1.54) is 22.3 Å². The summed E-state index contributed by atoms with van der Waals surface area (Å²) in [5, 5.41) is 4.20. The Balaban J connectivity index is 1.72. The lowest BCUT2D eigenvalue weighted by atomic mass is 10.2. The van der Waals surface area contributed by atoms with Crippen LogP contribution in [0.5, 0.6) is 0 Å². The fourth-order valence-corrected chi connectivity index (χ4v) is 3.84. The van der Waals surface area contributed by atoms with Crippen LogP contribution in [0, 0.1) is 12.7 Å². The summed E-state index contributed by atoms with van der Waals surface area (Å²) in [7, 11) is 0. The van der Waals surface area contributed by atoms with Crippen LogP contribution < -0.4 is 4.90 Å². The lowest BCUT2D eigenvalue weighted by molar-refractivity contribution is 0.0887. The van der Waals surface area contributed by atoms with Crippen molar-refractivity contribution in [2.45, 2.75) is 25.9 Å². The number of ether oxygens (including phenoxy) is 1. The van der Waals surface area contributed by atoms with Gasteiger partial charge in [0, 0.05) is 12.7 Å². The molecule has 0 spiro atoms. The van der Waals surface area contributed by atoms with Crippen molar-refractivity contribution in [3.8, 4) is 0 Å². The molecule has 0 aliphatic carbocycles. The quantitative estimate of drug-likeness (QED) is 0.711. The van der Waals surface area contributed by atoms with E-state index in [9.17, 15) is 9.18 Å². The van der Waals surface area contributed by atoms with E-state index in [1.807, 2.05) is 0 Å². The fraction of sp³-hybridized carbons (Fsp3) is 0.353. The second-order valence-electron chi connectivity index (χ2n) is 5.97. The average Bonchev–Trinajstić information content (AvgIpc) is 3.32. The number of para-hydroxylation sites is 1. The number of amides is 1. The van der Waals surface area contributed by atoms with E-state index >= 15 is 0 Å². The van der Waals surface area contributed by atoms with E-state index in [-0.39, 0.29) is 23.3 Å². The second-order valence-corrected chi connectivity index (χ2v) is 6.98. The van der Waals surface area contributed by atoms with E-state index < -0.39 is 5.82 Å². The predicted octanol–water partition coefficient (Wildman–Crippen LogP) is 3.56. The topological polar surface area (TPSA) is 68.5 Å². The van der Waals surface area contributed by atoms with Crippen LogP contribution in [0.2, 0.25) is 0 Å². The van der Waals surface area contributed by atoms with Crippen molar-refractivity contribution >= 4 is 32.6 Å². The highest BCUT2D eigenvalue weighted by Gasteiger charge is 2.29. The maximum absolute atomic E-state index is 14.0. The summed E-state index contributed by atoms with van der Waals surface area (Å²) in [6, 6.07) is 6.36. The average molecular weight is 361 g/mol. The number of benzene rings is 1. The number of nitrogens with zero attached hydrogens (tertiary/aromatic N) is 3. The van der Waals surface area contributed by atoms with Gasteiger partial charge in [0.15, 0.2) is 5.13 Å². The first-order valence-corrected chi connectivity index (χ1v) is 8.85. The smallest absolute Gasteiger partial charge is 0.298 e.